The lowest BCUT2D eigenvalue weighted by atomic mass is 9.97. The van der Waals surface area contributed by atoms with Gasteiger partial charge in [0.25, 0.3) is 0 Å². The fraction of sp³-hybridized carbons (Fsp3) is 0.136. The van der Waals surface area contributed by atoms with Crippen molar-refractivity contribution in [3.63, 3.8) is 0 Å². The van der Waals surface area contributed by atoms with Crippen LogP contribution in [-0.4, -0.2) is 68.9 Å². The Morgan fingerprint density at radius 1 is 0.289 bits per heavy atom. The van der Waals surface area contributed by atoms with Gasteiger partial charge in [0.15, 0.2) is 23.3 Å². The average molecular weight is 988 g/mol. The van der Waals surface area contributed by atoms with Gasteiger partial charge in [0.2, 0.25) is 0 Å². The fourth-order valence-electron chi connectivity index (χ4n) is 10.3. The summed E-state index contributed by atoms with van der Waals surface area (Å²) in [6.07, 6.45) is 0. The second-order valence-electron chi connectivity index (χ2n) is 18.6. The van der Waals surface area contributed by atoms with E-state index in [2.05, 4.69) is 47.3 Å². The maximum absolute atomic E-state index is 12.0. The average Bonchev–Trinajstić information content (AvgIpc) is 4.12. The van der Waals surface area contributed by atoms with Gasteiger partial charge in [0.05, 0.1) is 56.7 Å². The van der Waals surface area contributed by atoms with Crippen molar-refractivity contribution in [2.75, 3.05) is 0 Å². The minimum Gasteiger partial charge on any atom is -0.308 e. The molecule has 0 aliphatic heterocycles. The molecule has 12 aromatic rings. The van der Waals surface area contributed by atoms with Crippen molar-refractivity contribution in [2.24, 2.45) is 0 Å². The highest BCUT2D eigenvalue weighted by Gasteiger charge is 2.25. The molecule has 0 unspecified atom stereocenters. The molecule has 76 heavy (non-hydrogen) atoms. The summed E-state index contributed by atoms with van der Waals surface area (Å²) in [7, 11) is 0. The largest absolute Gasteiger partial charge is 0.308 e. The Labute approximate surface area is 434 Å². The molecular formula is C59H41N17. The maximum Gasteiger partial charge on any atom is 0.163 e. The third-order valence-corrected chi connectivity index (χ3v) is 13.2. The lowest BCUT2D eigenvalue weighted by molar-refractivity contribution is 0.928. The highest BCUT2D eigenvalue weighted by Crippen LogP contribution is 2.43. The first kappa shape index (κ1) is 46.5. The number of nitrogens with zero attached hydrogens (tertiary/aromatic N) is 17. The third kappa shape index (κ3) is 8.03. The van der Waals surface area contributed by atoms with Gasteiger partial charge in [-0.05, 0) is 121 Å². The van der Waals surface area contributed by atoms with Crippen LogP contribution in [0.15, 0.2) is 103 Å². The molecule has 362 valence electrons. The molecule has 0 spiro atoms. The number of hydrogen-bond donors (Lipinski definition) is 0. The van der Waals surface area contributed by atoms with Gasteiger partial charge in [-0.2, -0.15) is 15.8 Å². The quantitative estimate of drug-likeness (QED) is 0.144. The van der Waals surface area contributed by atoms with Crippen LogP contribution in [-0.2, 0) is 0 Å². The van der Waals surface area contributed by atoms with Crippen LogP contribution in [0.1, 0.15) is 63.3 Å². The predicted octanol–water partition coefficient (Wildman–Crippen LogP) is 11.0. The second-order valence-corrected chi connectivity index (χ2v) is 18.6. The first-order chi connectivity index (χ1) is 36.7. The zero-order chi connectivity index (χ0) is 52.7. The molecule has 12 rings (SSSR count). The number of nitriles is 3. The van der Waals surface area contributed by atoms with Crippen LogP contribution in [0.4, 0.5) is 0 Å². The molecule has 0 aliphatic carbocycles. The molecule has 0 radical (unpaired) electrons. The van der Waals surface area contributed by atoms with Crippen LogP contribution in [0.5, 0.6) is 0 Å². The van der Waals surface area contributed by atoms with E-state index in [9.17, 15) is 15.8 Å². The second kappa shape index (κ2) is 17.9. The van der Waals surface area contributed by atoms with Gasteiger partial charge >= 0.3 is 0 Å². The van der Waals surface area contributed by atoms with Crippen molar-refractivity contribution in [3.8, 4) is 86.3 Å². The first-order valence-electron chi connectivity index (χ1n) is 24.2. The highest BCUT2D eigenvalue weighted by atomic mass is 15.1. The molecule has 6 heterocycles. The van der Waals surface area contributed by atoms with E-state index < -0.39 is 0 Å². The summed E-state index contributed by atoms with van der Waals surface area (Å²) in [6, 6.07) is 40.5. The minimum absolute atomic E-state index is 0.301. The summed E-state index contributed by atoms with van der Waals surface area (Å²) >= 11 is 0. The molecule has 0 amide bonds. The van der Waals surface area contributed by atoms with Gasteiger partial charge in [-0.15, -0.1) is 0 Å². The summed E-state index contributed by atoms with van der Waals surface area (Å²) in [5.41, 5.74) is 9.08. The third-order valence-electron chi connectivity index (χ3n) is 13.2. The number of benzene rings is 6. The number of rotatable bonds is 7. The van der Waals surface area contributed by atoms with Crippen LogP contribution in [0, 0.1) is 89.4 Å². The summed E-state index contributed by atoms with van der Waals surface area (Å²) in [5.74, 6) is 6.62. The van der Waals surface area contributed by atoms with Crippen molar-refractivity contribution in [1.82, 2.24) is 68.9 Å². The highest BCUT2D eigenvalue weighted by molar-refractivity contribution is 6.13. The molecule has 0 saturated carbocycles. The van der Waals surface area contributed by atoms with E-state index in [1.165, 1.54) is 0 Å². The van der Waals surface area contributed by atoms with E-state index in [4.69, 9.17) is 39.9 Å². The van der Waals surface area contributed by atoms with E-state index in [-0.39, 0.29) is 0 Å². The lowest BCUT2D eigenvalue weighted by Crippen LogP contribution is -2.06. The Morgan fingerprint density at radius 2 is 0.553 bits per heavy atom. The van der Waals surface area contributed by atoms with Crippen molar-refractivity contribution in [1.29, 1.82) is 15.8 Å². The van der Waals surface area contributed by atoms with Crippen LogP contribution in [0.3, 0.4) is 0 Å². The van der Waals surface area contributed by atoms with E-state index in [1.54, 1.807) is 18.2 Å². The molecule has 0 N–H and O–H groups in total. The zero-order valence-electron chi connectivity index (χ0n) is 42.4. The SMILES string of the molecule is Cc1nc(C)nc(-c2ccc3c4ccc(-c5nc(C)nc(C)n5)cc4n(-c4cc(-c5cc(C#N)cc(C#N)c5)cc(-n5c6cc(-c7nc(C)nc(C)n7)ccc6c6ccc(-c7nc(C)nc(C)n7)cc65)c4C#N)c3c2)n1. The maximum atomic E-state index is 12.0. The number of aryl methyl sites for hydroxylation is 8. The Balaban J connectivity index is 1.26. The van der Waals surface area contributed by atoms with E-state index in [1.807, 2.05) is 140 Å². The molecular weight excluding hydrogens is 947 g/mol. The van der Waals surface area contributed by atoms with E-state index in [0.29, 0.717) is 109 Å². The summed E-state index contributed by atoms with van der Waals surface area (Å²) in [5, 5.41) is 36.3. The molecule has 17 heteroatoms. The van der Waals surface area contributed by atoms with E-state index in [0.717, 1.165) is 65.9 Å². The van der Waals surface area contributed by atoms with Crippen LogP contribution >= 0.6 is 0 Å². The smallest absolute Gasteiger partial charge is 0.163 e. The number of aromatic nitrogens is 14. The summed E-state index contributed by atoms with van der Waals surface area (Å²) in [4.78, 5) is 55.8. The van der Waals surface area contributed by atoms with Crippen LogP contribution in [0.2, 0.25) is 0 Å². The van der Waals surface area contributed by atoms with Gasteiger partial charge in [0, 0.05) is 43.8 Å². The molecule has 0 atom stereocenters. The van der Waals surface area contributed by atoms with Crippen LogP contribution < -0.4 is 0 Å². The summed E-state index contributed by atoms with van der Waals surface area (Å²) in [6.45, 7) is 14.7. The Bertz CT molecular complexity index is 4050. The molecule has 17 nitrogen and oxygen atoms in total. The number of hydrogen-bond acceptors (Lipinski definition) is 15. The van der Waals surface area contributed by atoms with Gasteiger partial charge in [-0.25, -0.2) is 59.8 Å². The Morgan fingerprint density at radius 3 is 0.803 bits per heavy atom. The fourth-order valence-corrected chi connectivity index (χ4v) is 10.3. The first-order valence-corrected chi connectivity index (χ1v) is 24.2. The van der Waals surface area contributed by atoms with Gasteiger partial charge in [-0.1, -0.05) is 48.5 Å². The van der Waals surface area contributed by atoms with Crippen molar-refractivity contribution >= 4 is 43.6 Å². The lowest BCUT2D eigenvalue weighted by Gasteiger charge is -2.19. The van der Waals surface area contributed by atoms with Gasteiger partial charge < -0.3 is 9.13 Å². The standard InChI is InChI=1S/C59H41N17/c1-29-63-30(2)68-56(67-29)39-9-13-45-46-14-10-40(57-69-31(3)64-32(4)70-57)21-51(46)75(50(45)20-39)54-24-44(43-18-37(26-60)17-38(19-43)27-61)25-55(49(54)28-62)76-52-22-41(58-71-33(5)65-34(6)72-58)11-15-47(52)48-16-12-42(23-53(48)76)59-73-35(7)66-36(8)74-59/h9-25H,1-8H3. The Hall–Kier alpha value is -10.6. The monoisotopic (exact) mass is 987 g/mol. The van der Waals surface area contributed by atoms with E-state index >= 15 is 0 Å². The van der Waals surface area contributed by atoms with Gasteiger partial charge in [0.1, 0.15) is 58.2 Å². The summed E-state index contributed by atoms with van der Waals surface area (Å²) < 4.78 is 4.17. The molecule has 0 fully saturated rings. The molecule has 6 aromatic heterocycles. The number of fused-ring (bicyclic) bond motifs is 6. The Kier molecular flexibility index (Phi) is 10.9. The van der Waals surface area contributed by atoms with Crippen LogP contribution in [0.25, 0.3) is 112 Å². The molecule has 0 saturated heterocycles. The zero-order valence-corrected chi connectivity index (χ0v) is 42.4. The topological polar surface area (TPSA) is 236 Å². The normalized spacial score (nSPS) is 11.4. The van der Waals surface area contributed by atoms with Crippen molar-refractivity contribution in [3.05, 3.63) is 166 Å². The van der Waals surface area contributed by atoms with Gasteiger partial charge in [-0.3, -0.25) is 0 Å². The van der Waals surface area contributed by atoms with Crippen molar-refractivity contribution < 1.29 is 0 Å². The molecule has 6 aromatic carbocycles. The molecule has 0 bridgehead atoms. The van der Waals surface area contributed by atoms with Crippen molar-refractivity contribution in [2.45, 2.75) is 55.4 Å². The minimum atomic E-state index is 0.301. The molecule has 0 aliphatic rings. The predicted molar refractivity (Wildman–Crippen MR) is 288 cm³/mol.